The van der Waals surface area contributed by atoms with Gasteiger partial charge in [-0.25, -0.2) is 0 Å². The van der Waals surface area contributed by atoms with Crippen LogP contribution < -0.4 is 5.43 Å². The molecule has 26 heavy (non-hydrogen) atoms. The largest absolute Gasteiger partial charge is 0.472 e. The fourth-order valence-electron chi connectivity index (χ4n) is 3.10. The number of aromatic nitrogens is 2. The Bertz CT molecular complexity index is 843. The lowest BCUT2D eigenvalue weighted by Gasteiger charge is -2.26. The van der Waals surface area contributed by atoms with Gasteiger partial charge in [-0.3, -0.25) is 19.5 Å². The van der Waals surface area contributed by atoms with Crippen LogP contribution in [0.5, 0.6) is 0 Å². The van der Waals surface area contributed by atoms with Crippen LogP contribution in [0.3, 0.4) is 0 Å². The molecule has 0 saturated carbocycles. The molecule has 1 saturated heterocycles. The molecule has 1 fully saturated rings. The molecule has 0 aliphatic carbocycles. The minimum absolute atomic E-state index is 0.000456. The molecular formula is C18H22N4O4. The Labute approximate surface area is 150 Å². The van der Waals surface area contributed by atoms with Crippen molar-refractivity contribution in [1.82, 2.24) is 20.0 Å². The highest BCUT2D eigenvalue weighted by molar-refractivity contribution is 5.92. The molecule has 2 aromatic rings. The summed E-state index contributed by atoms with van der Waals surface area (Å²) in [6.07, 6.45) is 4.02. The van der Waals surface area contributed by atoms with Crippen LogP contribution >= 0.6 is 0 Å². The Balaban J connectivity index is 1.69. The van der Waals surface area contributed by atoms with E-state index in [2.05, 4.69) is 10.2 Å². The highest BCUT2D eigenvalue weighted by Crippen LogP contribution is 2.14. The maximum Gasteiger partial charge on any atom is 0.278 e. The third-order valence-corrected chi connectivity index (χ3v) is 4.63. The van der Waals surface area contributed by atoms with Gasteiger partial charge in [-0.1, -0.05) is 0 Å². The Morgan fingerprint density at radius 2 is 2.15 bits per heavy atom. The lowest BCUT2D eigenvalue weighted by atomic mass is 10.1. The van der Waals surface area contributed by atoms with Crippen LogP contribution in [0.4, 0.5) is 0 Å². The van der Waals surface area contributed by atoms with Gasteiger partial charge in [-0.2, -0.15) is 5.10 Å². The Morgan fingerprint density at radius 1 is 1.35 bits per heavy atom. The minimum atomic E-state index is -0.400. The molecule has 1 atom stereocenters. The number of hydrogen-bond acceptors (Lipinski definition) is 5. The molecule has 1 aliphatic rings. The monoisotopic (exact) mass is 358 g/mol. The molecule has 3 rings (SSSR count). The molecule has 2 aromatic heterocycles. The third-order valence-electron chi connectivity index (χ3n) is 4.63. The first kappa shape index (κ1) is 17.9. The standard InChI is InChI=1S/C18H22N4O4/c1-12-9-15(23)17(20-19-12)18(25)21-5-3-13(2)22(7-6-21)16(24)10-14-4-8-26-11-14/h4,8-9,11,13H,3,5-7,10H2,1-2H3,(H,19,23). The summed E-state index contributed by atoms with van der Waals surface area (Å²) in [5.74, 6) is -0.401. The van der Waals surface area contributed by atoms with E-state index in [4.69, 9.17) is 4.42 Å². The molecule has 0 spiro atoms. The molecule has 1 aliphatic heterocycles. The predicted octanol–water partition coefficient (Wildman–Crippen LogP) is 0.977. The van der Waals surface area contributed by atoms with E-state index < -0.39 is 11.3 Å². The Hall–Kier alpha value is -2.90. The number of carbonyl (C=O) groups is 2. The first-order valence-electron chi connectivity index (χ1n) is 8.62. The van der Waals surface area contributed by atoms with Gasteiger partial charge in [-0.05, 0) is 31.9 Å². The zero-order valence-corrected chi connectivity index (χ0v) is 14.9. The molecule has 1 unspecified atom stereocenters. The quantitative estimate of drug-likeness (QED) is 0.882. The summed E-state index contributed by atoms with van der Waals surface area (Å²) in [4.78, 5) is 40.6. The van der Waals surface area contributed by atoms with Crippen LogP contribution in [0.1, 0.15) is 35.1 Å². The van der Waals surface area contributed by atoms with Crippen LogP contribution in [-0.4, -0.2) is 57.5 Å². The van der Waals surface area contributed by atoms with Gasteiger partial charge < -0.3 is 14.2 Å². The third kappa shape index (κ3) is 3.84. The van der Waals surface area contributed by atoms with E-state index in [9.17, 15) is 14.4 Å². The molecule has 3 heterocycles. The summed E-state index contributed by atoms with van der Waals surface area (Å²) in [7, 11) is 0. The van der Waals surface area contributed by atoms with E-state index in [1.165, 1.54) is 6.07 Å². The molecule has 8 heteroatoms. The van der Waals surface area contributed by atoms with Gasteiger partial charge in [0.2, 0.25) is 11.3 Å². The fourth-order valence-corrected chi connectivity index (χ4v) is 3.10. The van der Waals surface area contributed by atoms with Crippen molar-refractivity contribution in [1.29, 1.82) is 0 Å². The molecule has 138 valence electrons. The number of hydrogen-bond donors (Lipinski definition) is 1. The number of nitrogens with one attached hydrogen (secondary N) is 1. The number of aromatic amines is 1. The molecule has 8 nitrogen and oxygen atoms in total. The predicted molar refractivity (Wildman–Crippen MR) is 93.7 cm³/mol. The maximum absolute atomic E-state index is 12.7. The lowest BCUT2D eigenvalue weighted by Crippen LogP contribution is -2.41. The average molecular weight is 358 g/mol. The average Bonchev–Trinajstić information content (AvgIpc) is 3.02. The number of nitrogens with zero attached hydrogens (tertiary/aromatic N) is 3. The summed E-state index contributed by atoms with van der Waals surface area (Å²) < 4.78 is 5.01. The number of rotatable bonds is 3. The van der Waals surface area contributed by atoms with Gasteiger partial charge in [-0.15, -0.1) is 0 Å². The van der Waals surface area contributed by atoms with Crippen molar-refractivity contribution in [3.63, 3.8) is 0 Å². The molecule has 0 bridgehead atoms. The second kappa shape index (κ2) is 7.55. The van der Waals surface area contributed by atoms with Crippen molar-refractivity contribution in [2.24, 2.45) is 0 Å². The summed E-state index contributed by atoms with van der Waals surface area (Å²) in [5, 5.41) is 6.55. The van der Waals surface area contributed by atoms with E-state index in [1.54, 1.807) is 35.3 Å². The number of aryl methyl sites for hydroxylation is 1. The Kier molecular flexibility index (Phi) is 5.20. The van der Waals surface area contributed by atoms with Crippen LogP contribution in [0, 0.1) is 6.92 Å². The smallest absolute Gasteiger partial charge is 0.278 e. The summed E-state index contributed by atoms with van der Waals surface area (Å²) >= 11 is 0. The summed E-state index contributed by atoms with van der Waals surface area (Å²) in [5.41, 5.74) is 0.930. The fraction of sp³-hybridized carbons (Fsp3) is 0.444. The number of H-pyrrole nitrogens is 1. The van der Waals surface area contributed by atoms with Gasteiger partial charge in [0.25, 0.3) is 5.91 Å². The second-order valence-corrected chi connectivity index (χ2v) is 6.59. The van der Waals surface area contributed by atoms with Gasteiger partial charge >= 0.3 is 0 Å². The topological polar surface area (TPSA) is 99.5 Å². The molecule has 0 aromatic carbocycles. The van der Waals surface area contributed by atoms with Gasteiger partial charge in [0.15, 0.2) is 5.69 Å². The molecule has 1 N–H and O–H groups in total. The molecule has 0 radical (unpaired) electrons. The van der Waals surface area contributed by atoms with Crippen molar-refractivity contribution in [3.8, 4) is 0 Å². The van der Waals surface area contributed by atoms with Crippen LogP contribution in [0.25, 0.3) is 0 Å². The second-order valence-electron chi connectivity index (χ2n) is 6.59. The number of furan rings is 1. The first-order valence-corrected chi connectivity index (χ1v) is 8.62. The van der Waals surface area contributed by atoms with Crippen molar-refractivity contribution in [3.05, 3.63) is 51.8 Å². The van der Waals surface area contributed by atoms with Gasteiger partial charge in [0.1, 0.15) is 0 Å². The van der Waals surface area contributed by atoms with Crippen molar-refractivity contribution < 1.29 is 14.0 Å². The highest BCUT2D eigenvalue weighted by Gasteiger charge is 2.28. The van der Waals surface area contributed by atoms with Crippen LogP contribution in [0.15, 0.2) is 33.9 Å². The summed E-state index contributed by atoms with van der Waals surface area (Å²) in [6, 6.07) is 3.14. The van der Waals surface area contributed by atoms with Crippen molar-refractivity contribution >= 4 is 11.8 Å². The molecular weight excluding hydrogens is 336 g/mol. The van der Waals surface area contributed by atoms with Crippen molar-refractivity contribution in [2.45, 2.75) is 32.7 Å². The maximum atomic E-state index is 12.7. The van der Waals surface area contributed by atoms with Gasteiger partial charge in [0.05, 0.1) is 18.9 Å². The first-order chi connectivity index (χ1) is 12.5. The van der Waals surface area contributed by atoms with Crippen LogP contribution in [0.2, 0.25) is 0 Å². The van der Waals surface area contributed by atoms with E-state index in [0.29, 0.717) is 31.7 Å². The molecule has 2 amide bonds. The lowest BCUT2D eigenvalue weighted by molar-refractivity contribution is -0.132. The SMILES string of the molecule is Cc1cc(=O)c(C(=O)N2CCC(C)N(C(=O)Cc3ccoc3)CC2)n[nH]1. The van der Waals surface area contributed by atoms with E-state index in [0.717, 1.165) is 5.56 Å². The van der Waals surface area contributed by atoms with Gasteiger partial charge in [0, 0.05) is 37.4 Å². The van der Waals surface area contributed by atoms with E-state index in [1.807, 2.05) is 6.92 Å². The highest BCUT2D eigenvalue weighted by atomic mass is 16.3. The van der Waals surface area contributed by atoms with Crippen molar-refractivity contribution in [2.75, 3.05) is 19.6 Å². The zero-order valence-electron chi connectivity index (χ0n) is 14.9. The Morgan fingerprint density at radius 3 is 2.85 bits per heavy atom. The summed E-state index contributed by atoms with van der Waals surface area (Å²) in [6.45, 7) is 4.95. The zero-order chi connectivity index (χ0) is 18.7. The minimum Gasteiger partial charge on any atom is -0.472 e. The number of amides is 2. The van der Waals surface area contributed by atoms with Crippen LogP contribution in [-0.2, 0) is 11.2 Å². The number of carbonyl (C=O) groups excluding carboxylic acids is 2. The van der Waals surface area contributed by atoms with E-state index >= 15 is 0 Å². The normalized spacial score (nSPS) is 17.8. The van der Waals surface area contributed by atoms with E-state index in [-0.39, 0.29) is 24.1 Å².